The zero-order valence-corrected chi connectivity index (χ0v) is 34.3. The standard InChI is InChI=1S/C58H46N2/c1-5-45(59(46-23-10-7-11-24-46)47-34-35-50-49-26-12-15-28-53(49)58(3,4)54(50)39-47)33-31-40(2)48-25-13-16-29-55(48)60-56-30-17-14-27-51(56)52-38-44(32-36-57(52)60)43-22-18-21-42(37-43)41-19-8-6-9-20-41/h5-39H,1H2,2-4H3/b40-31+,45-33+. The van der Waals surface area contributed by atoms with E-state index in [9.17, 15) is 0 Å². The van der Waals surface area contributed by atoms with Crippen LogP contribution < -0.4 is 4.90 Å². The van der Waals surface area contributed by atoms with E-state index in [0.717, 1.165) is 28.3 Å². The van der Waals surface area contributed by atoms with Crippen molar-refractivity contribution in [3.63, 3.8) is 0 Å². The van der Waals surface area contributed by atoms with Crippen LogP contribution >= 0.6 is 0 Å². The van der Waals surface area contributed by atoms with Crippen molar-refractivity contribution in [2.75, 3.05) is 4.90 Å². The van der Waals surface area contributed by atoms with Crippen LogP contribution in [0, 0.1) is 0 Å². The minimum absolute atomic E-state index is 0.107. The molecule has 10 rings (SSSR count). The number of hydrogen-bond acceptors (Lipinski definition) is 1. The molecule has 1 aliphatic carbocycles. The number of hydrogen-bond donors (Lipinski definition) is 0. The van der Waals surface area contributed by atoms with Gasteiger partial charge in [-0.3, -0.25) is 0 Å². The Morgan fingerprint density at radius 3 is 1.95 bits per heavy atom. The van der Waals surface area contributed by atoms with E-state index in [4.69, 9.17) is 0 Å². The third-order valence-electron chi connectivity index (χ3n) is 12.4. The van der Waals surface area contributed by atoms with Gasteiger partial charge in [0.2, 0.25) is 0 Å². The van der Waals surface area contributed by atoms with Gasteiger partial charge in [-0.25, -0.2) is 0 Å². The molecule has 0 aliphatic heterocycles. The fourth-order valence-electron chi connectivity index (χ4n) is 9.31. The van der Waals surface area contributed by atoms with Crippen LogP contribution in [0.4, 0.5) is 11.4 Å². The number of aromatic nitrogens is 1. The number of anilines is 2. The molecule has 0 unspecified atom stereocenters. The highest BCUT2D eigenvalue weighted by Gasteiger charge is 2.35. The van der Waals surface area contributed by atoms with Gasteiger partial charge in [0.05, 0.1) is 16.7 Å². The lowest BCUT2D eigenvalue weighted by atomic mass is 9.82. The van der Waals surface area contributed by atoms with E-state index >= 15 is 0 Å². The van der Waals surface area contributed by atoms with E-state index < -0.39 is 0 Å². The van der Waals surface area contributed by atoms with Gasteiger partial charge < -0.3 is 9.47 Å². The van der Waals surface area contributed by atoms with Gasteiger partial charge in [-0.2, -0.15) is 0 Å². The van der Waals surface area contributed by atoms with Crippen molar-refractivity contribution in [2.45, 2.75) is 26.2 Å². The van der Waals surface area contributed by atoms with E-state index in [1.807, 2.05) is 6.08 Å². The van der Waals surface area contributed by atoms with Gasteiger partial charge in [0, 0.05) is 38.8 Å². The second kappa shape index (κ2) is 15.1. The second-order valence-corrected chi connectivity index (χ2v) is 16.3. The molecule has 1 aliphatic rings. The monoisotopic (exact) mass is 770 g/mol. The molecule has 1 aromatic heterocycles. The van der Waals surface area contributed by atoms with Crippen molar-refractivity contribution in [3.8, 4) is 39.1 Å². The van der Waals surface area contributed by atoms with Gasteiger partial charge in [0.1, 0.15) is 0 Å². The topological polar surface area (TPSA) is 8.17 Å². The summed E-state index contributed by atoms with van der Waals surface area (Å²) >= 11 is 0. The Balaban J connectivity index is 1.06. The van der Waals surface area contributed by atoms with Crippen molar-refractivity contribution >= 4 is 38.8 Å². The summed E-state index contributed by atoms with van der Waals surface area (Å²) in [6.07, 6.45) is 6.42. The summed E-state index contributed by atoms with van der Waals surface area (Å²) in [6, 6.07) is 70.3. The van der Waals surface area contributed by atoms with E-state index in [2.05, 4.69) is 243 Å². The Hall–Kier alpha value is -7.42. The number of benzene rings is 8. The lowest BCUT2D eigenvalue weighted by Gasteiger charge is -2.28. The summed E-state index contributed by atoms with van der Waals surface area (Å²) in [7, 11) is 0. The number of para-hydroxylation sites is 3. The molecule has 288 valence electrons. The van der Waals surface area contributed by atoms with E-state index in [1.54, 1.807) is 0 Å². The average Bonchev–Trinajstić information content (AvgIpc) is 3.75. The first-order valence-corrected chi connectivity index (χ1v) is 20.8. The molecule has 0 bridgehead atoms. The molecule has 0 spiro atoms. The van der Waals surface area contributed by atoms with Crippen molar-refractivity contribution in [1.82, 2.24) is 4.57 Å². The van der Waals surface area contributed by atoms with Gasteiger partial charge >= 0.3 is 0 Å². The van der Waals surface area contributed by atoms with Crippen molar-refractivity contribution in [1.29, 1.82) is 0 Å². The summed E-state index contributed by atoms with van der Waals surface area (Å²) in [5.41, 5.74) is 19.1. The van der Waals surface area contributed by atoms with Crippen molar-refractivity contribution < 1.29 is 0 Å². The molecule has 60 heavy (non-hydrogen) atoms. The first-order chi connectivity index (χ1) is 29.4. The minimum Gasteiger partial charge on any atom is -0.311 e. The van der Waals surface area contributed by atoms with Crippen molar-refractivity contribution in [3.05, 3.63) is 241 Å². The predicted octanol–water partition coefficient (Wildman–Crippen LogP) is 15.7. The highest BCUT2D eigenvalue weighted by molar-refractivity contribution is 6.11. The van der Waals surface area contributed by atoms with E-state index in [0.29, 0.717) is 0 Å². The quantitative estimate of drug-likeness (QED) is 0.133. The van der Waals surface area contributed by atoms with Crippen LogP contribution in [0.1, 0.15) is 37.5 Å². The van der Waals surface area contributed by atoms with Crippen LogP contribution in [-0.2, 0) is 5.41 Å². The predicted molar refractivity (Wildman–Crippen MR) is 256 cm³/mol. The highest BCUT2D eigenvalue weighted by atomic mass is 15.1. The molecule has 0 atom stereocenters. The maximum absolute atomic E-state index is 4.35. The third kappa shape index (κ3) is 6.29. The molecular formula is C58H46N2. The van der Waals surface area contributed by atoms with Gasteiger partial charge in [-0.1, -0.05) is 166 Å². The Labute approximate surface area is 353 Å². The molecule has 0 saturated heterocycles. The van der Waals surface area contributed by atoms with Crippen LogP contribution in [-0.4, -0.2) is 4.57 Å². The number of nitrogens with zero attached hydrogens (tertiary/aromatic N) is 2. The normalized spacial score (nSPS) is 13.3. The Bertz CT molecular complexity index is 3140. The SMILES string of the molecule is C=C/C(=C\C=C(/C)c1ccccc1-n1c2ccccc2c2cc(-c3cccc(-c4ccccc4)c3)ccc21)N(c1ccccc1)c1ccc2c(c1)C(C)(C)c1ccccc1-2. The molecule has 9 aromatic rings. The Kier molecular flexibility index (Phi) is 9.26. The maximum Gasteiger partial charge on any atom is 0.0541 e. The summed E-state index contributed by atoms with van der Waals surface area (Å²) in [5, 5.41) is 2.47. The highest BCUT2D eigenvalue weighted by Crippen LogP contribution is 2.50. The van der Waals surface area contributed by atoms with Crippen LogP contribution in [0.5, 0.6) is 0 Å². The molecule has 0 radical (unpaired) electrons. The Morgan fingerprint density at radius 1 is 0.500 bits per heavy atom. The largest absolute Gasteiger partial charge is 0.311 e. The summed E-state index contributed by atoms with van der Waals surface area (Å²) in [4.78, 5) is 2.32. The molecule has 2 nitrogen and oxygen atoms in total. The summed E-state index contributed by atoms with van der Waals surface area (Å²) < 4.78 is 2.43. The van der Waals surface area contributed by atoms with Gasteiger partial charge in [-0.05, 0) is 124 Å². The molecule has 0 amide bonds. The molecule has 2 heteroatoms. The zero-order valence-electron chi connectivity index (χ0n) is 34.3. The smallest absolute Gasteiger partial charge is 0.0541 e. The van der Waals surface area contributed by atoms with Gasteiger partial charge in [0.25, 0.3) is 0 Å². The average molecular weight is 771 g/mol. The number of rotatable bonds is 9. The molecule has 0 saturated carbocycles. The van der Waals surface area contributed by atoms with Crippen LogP contribution in [0.3, 0.4) is 0 Å². The van der Waals surface area contributed by atoms with Gasteiger partial charge in [-0.15, -0.1) is 0 Å². The fraction of sp³-hybridized carbons (Fsp3) is 0.0690. The fourth-order valence-corrected chi connectivity index (χ4v) is 9.31. The van der Waals surface area contributed by atoms with E-state index in [-0.39, 0.29) is 5.41 Å². The van der Waals surface area contributed by atoms with Crippen LogP contribution in [0.2, 0.25) is 0 Å². The van der Waals surface area contributed by atoms with E-state index in [1.165, 1.54) is 71.9 Å². The molecule has 8 aromatic carbocycles. The Morgan fingerprint density at radius 2 is 1.13 bits per heavy atom. The lowest BCUT2D eigenvalue weighted by Crippen LogP contribution is -2.18. The molecule has 0 N–H and O–H groups in total. The molecule has 0 fully saturated rings. The van der Waals surface area contributed by atoms with Crippen molar-refractivity contribution in [2.24, 2.45) is 0 Å². The third-order valence-corrected chi connectivity index (χ3v) is 12.4. The maximum atomic E-state index is 4.35. The zero-order chi connectivity index (χ0) is 40.8. The van der Waals surface area contributed by atoms with Crippen LogP contribution in [0.15, 0.2) is 225 Å². The molecular weight excluding hydrogens is 725 g/mol. The first kappa shape index (κ1) is 36.9. The van der Waals surface area contributed by atoms with Gasteiger partial charge in [0.15, 0.2) is 0 Å². The summed E-state index contributed by atoms with van der Waals surface area (Å²) in [6.45, 7) is 11.2. The number of fused-ring (bicyclic) bond motifs is 6. The molecule has 1 heterocycles. The summed E-state index contributed by atoms with van der Waals surface area (Å²) in [5.74, 6) is 0. The number of allylic oxidation sites excluding steroid dienone is 4. The first-order valence-electron chi connectivity index (χ1n) is 20.8. The van der Waals surface area contributed by atoms with Crippen LogP contribution in [0.25, 0.3) is 66.4 Å². The minimum atomic E-state index is -0.107. The lowest BCUT2D eigenvalue weighted by molar-refractivity contribution is 0.660. The second-order valence-electron chi connectivity index (χ2n) is 16.3.